The number of likely N-dealkylation sites (N-methyl/N-ethyl adjacent to an activating group) is 2. The van der Waals surface area contributed by atoms with Gasteiger partial charge >= 0.3 is 5.97 Å². The number of hydrogen-bond acceptors (Lipinski definition) is 24. The highest BCUT2D eigenvalue weighted by Gasteiger charge is 2.46. The fourth-order valence-corrected chi connectivity index (χ4v) is 12.3. The number of carbonyl (C=O) groups is 17. The Morgan fingerprint density at radius 3 is 1.63 bits per heavy atom. The molecular weight excluding hydrogens is 1460 g/mol. The Bertz CT molecular complexity index is 3230. The van der Waals surface area contributed by atoms with E-state index in [1.165, 1.54) is 34.6 Å². The van der Waals surface area contributed by atoms with E-state index in [0.29, 0.717) is 11.3 Å². The lowest BCUT2D eigenvalue weighted by Gasteiger charge is -2.35. The molecule has 0 aromatic heterocycles. The lowest BCUT2D eigenvalue weighted by Crippen LogP contribution is -2.65. The number of nitrogens with two attached hydrogens (primary N) is 5. The molecule has 16 amide bonds. The topological polar surface area (TPSA) is 646 Å². The van der Waals surface area contributed by atoms with E-state index in [-0.39, 0.29) is 44.1 Å². The van der Waals surface area contributed by atoms with E-state index in [1.54, 1.807) is 34.6 Å². The lowest BCUT2D eigenvalue weighted by atomic mass is 9.85. The Labute approximate surface area is 647 Å². The fourth-order valence-electron chi connectivity index (χ4n) is 12.3. The molecule has 632 valence electrons. The average molecular weight is 1580 g/mol. The van der Waals surface area contributed by atoms with Crippen LogP contribution in [0.4, 0.5) is 0 Å². The highest BCUT2D eigenvalue weighted by Crippen LogP contribution is 2.25. The zero-order valence-corrected chi connectivity index (χ0v) is 67.0. The van der Waals surface area contributed by atoms with Gasteiger partial charge in [0.25, 0.3) is 5.91 Å². The van der Waals surface area contributed by atoms with Gasteiger partial charge < -0.3 is 122 Å². The molecule has 0 aliphatic carbocycles. The number of nitrogens with zero attached hydrogens (tertiary/aromatic N) is 2. The second kappa shape index (κ2) is 47.2. The fraction of sp³-hybridized carbons (Fsp3) is 0.761. The maximum absolute atomic E-state index is 15.2. The Kier molecular flexibility index (Phi) is 42.4. The van der Waals surface area contributed by atoms with Crippen LogP contribution < -0.4 is 81.8 Å². The third kappa shape index (κ3) is 31.4. The summed E-state index contributed by atoms with van der Waals surface area (Å²) in [5, 5.41) is 69.9. The molecule has 0 spiro atoms. The standard InChI is InChI=1S/C71H125N17O23/c1-19-33(8)27-34(9)54(93)37(12)60(98)81-44(29-77-40(15)90)62(100)82-49(32(6)7)55(94)56(95)68(106)83-50(35(10)36(11)58(75)96)64(102)85-52-39(14)111-71(109)46(26-31(4)5)88(17)70(108)43(28-48(74)92)80-67(105)53(57(110-18)59(76)97)86-63(101)45(22-23-47(73)91)87(16)69(107)42(25-30(2)3)79-61(99)41(21-20-24-72)78-65(103)51(38(13)89)84-66(52)104/h30-39,41-46,49-57,89,93-95H,19-29,72H2,1-18H3,(H2,73,91)(H2,74,92)(H2,75,96)(H2,76,97)(H,77,90)(H,78,103)(H,79,99)(H,80,105)(H,81,98)(H,82,100)(H,83,106)(H,84,104)(H,85,102)(H,86,101)/t33-,34-,35+,36+,37+,38+,39+,41+,42-,43+,44+,45-,46-,49+,50-,51+,52+,53+,54+,55-,56+,57+/m0/s1. The van der Waals surface area contributed by atoms with Crippen LogP contribution in [0.25, 0.3) is 0 Å². The first-order valence-corrected chi connectivity index (χ1v) is 37.2. The number of primary amides is 4. The molecule has 111 heavy (non-hydrogen) atoms. The monoisotopic (exact) mass is 1580 g/mol. The van der Waals surface area contributed by atoms with Crippen LogP contribution in [0.2, 0.25) is 0 Å². The van der Waals surface area contributed by atoms with Crippen LogP contribution in [-0.2, 0) is 91.0 Å². The largest absolute Gasteiger partial charge is 0.458 e. The van der Waals surface area contributed by atoms with Crippen LogP contribution in [0.3, 0.4) is 0 Å². The molecule has 1 fully saturated rings. The van der Waals surface area contributed by atoms with Crippen molar-refractivity contribution in [3.05, 3.63) is 0 Å². The Hall–Kier alpha value is -9.25. The summed E-state index contributed by atoms with van der Waals surface area (Å²) in [5.74, 6) is -26.5. The zero-order chi connectivity index (χ0) is 85.7. The van der Waals surface area contributed by atoms with Crippen molar-refractivity contribution in [3.8, 4) is 0 Å². The summed E-state index contributed by atoms with van der Waals surface area (Å²) in [6, 6.07) is -21.0. The van der Waals surface area contributed by atoms with E-state index in [4.69, 9.17) is 38.1 Å². The first-order valence-electron chi connectivity index (χ1n) is 37.2. The van der Waals surface area contributed by atoms with Crippen LogP contribution in [0.5, 0.6) is 0 Å². The number of amides is 16. The van der Waals surface area contributed by atoms with Crippen molar-refractivity contribution < 1.29 is 111 Å². The van der Waals surface area contributed by atoms with Crippen molar-refractivity contribution in [2.24, 2.45) is 76.0 Å². The summed E-state index contributed by atoms with van der Waals surface area (Å²) in [6.07, 6.45) is -13.9. The summed E-state index contributed by atoms with van der Waals surface area (Å²) >= 11 is 0. The summed E-state index contributed by atoms with van der Waals surface area (Å²) < 4.78 is 11.2. The number of aliphatic hydroxyl groups is 4. The van der Waals surface area contributed by atoms with Gasteiger partial charge in [0, 0.05) is 47.0 Å². The third-order valence-electron chi connectivity index (χ3n) is 19.6. The second-order valence-corrected chi connectivity index (χ2v) is 30.1. The summed E-state index contributed by atoms with van der Waals surface area (Å²) in [6.45, 7) is 21.5. The Balaban J connectivity index is 4.50. The number of rotatable bonds is 37. The Morgan fingerprint density at radius 2 is 1.14 bits per heavy atom. The van der Waals surface area contributed by atoms with Crippen LogP contribution in [0, 0.1) is 47.3 Å². The predicted octanol–water partition coefficient (Wildman–Crippen LogP) is -6.86. The summed E-state index contributed by atoms with van der Waals surface area (Å²) in [7, 11) is 3.01. The number of aliphatic hydroxyl groups excluding tert-OH is 4. The van der Waals surface area contributed by atoms with Crippen molar-refractivity contribution in [2.45, 2.75) is 265 Å². The normalized spacial score (nSPS) is 24.0. The molecule has 0 unspecified atom stereocenters. The highest BCUT2D eigenvalue weighted by molar-refractivity contribution is 6.02. The minimum atomic E-state index is -2.61. The molecule has 1 saturated heterocycles. The van der Waals surface area contributed by atoms with Crippen molar-refractivity contribution in [1.82, 2.24) is 63.0 Å². The van der Waals surface area contributed by atoms with Gasteiger partial charge in [0.1, 0.15) is 72.6 Å². The van der Waals surface area contributed by atoms with Gasteiger partial charge in [0.05, 0.1) is 30.6 Å². The molecule has 1 rings (SSSR count). The molecule has 0 radical (unpaired) electrons. The number of carbonyl (C=O) groups excluding carboxylic acids is 17. The molecule has 40 nitrogen and oxygen atoms in total. The van der Waals surface area contributed by atoms with Crippen molar-refractivity contribution in [2.75, 3.05) is 34.3 Å². The molecule has 0 aromatic rings. The van der Waals surface area contributed by atoms with Gasteiger partial charge in [-0.05, 0) is 94.4 Å². The molecule has 1 aliphatic rings. The van der Waals surface area contributed by atoms with E-state index >= 15 is 9.59 Å². The van der Waals surface area contributed by atoms with Crippen molar-refractivity contribution >= 4 is 100 Å². The van der Waals surface area contributed by atoms with Gasteiger partial charge in [0.2, 0.25) is 88.6 Å². The molecule has 1 heterocycles. The van der Waals surface area contributed by atoms with Gasteiger partial charge in [-0.3, -0.25) is 76.7 Å². The SMILES string of the molecule is CC[C@H](C)C[C@H](C)[C@@H](O)[C@@H](C)C(=O)N[C@H](CNC(C)=O)C(=O)N[C@H](C(C)C)[C@H](O)[C@@H](O)C(=O)N[C@H](C(=O)N[C@H]1C(=O)N[C@H]([C@@H](C)O)C(=O)N[C@H](CCCN)C(=O)N[C@@H](CC(C)C)C(=O)N(C)[C@@H](CCC(N)=O)C(=O)N[C@H]([C@@H](OC)C(N)=O)C(=O)N[C@H](CC(N)=O)C(=O)N(C)[C@@H](CC(C)C)C(=O)O[C@@H]1C)[C@H](C)[C@@H](C)C(N)=O. The molecule has 0 bridgehead atoms. The van der Waals surface area contributed by atoms with Crippen molar-refractivity contribution in [1.29, 1.82) is 0 Å². The van der Waals surface area contributed by atoms with Gasteiger partial charge in [-0.1, -0.05) is 89.5 Å². The molecule has 22 atom stereocenters. The first-order chi connectivity index (χ1) is 51.4. The van der Waals surface area contributed by atoms with E-state index in [1.807, 2.05) is 13.8 Å². The molecule has 1 aliphatic heterocycles. The van der Waals surface area contributed by atoms with Gasteiger partial charge in [-0.25, -0.2) is 4.79 Å². The number of hydrogen-bond donors (Lipinski definition) is 19. The maximum Gasteiger partial charge on any atom is 0.329 e. The molecule has 40 heteroatoms. The van der Waals surface area contributed by atoms with Crippen LogP contribution in [0.1, 0.15) is 162 Å². The predicted molar refractivity (Wildman–Crippen MR) is 399 cm³/mol. The lowest BCUT2D eigenvalue weighted by molar-refractivity contribution is -0.162. The number of nitrogens with one attached hydrogen (secondary N) is 10. The number of cyclic esters (lactones) is 1. The van der Waals surface area contributed by atoms with Gasteiger partial charge in [0.15, 0.2) is 12.2 Å². The summed E-state index contributed by atoms with van der Waals surface area (Å²) in [4.78, 5) is 241. The minimum Gasteiger partial charge on any atom is -0.458 e. The molecule has 0 saturated carbocycles. The highest BCUT2D eigenvalue weighted by atomic mass is 16.5. The van der Waals surface area contributed by atoms with Gasteiger partial charge in [-0.2, -0.15) is 0 Å². The molecule has 24 N–H and O–H groups in total. The number of methoxy groups -OCH3 is 1. The number of ether oxygens (including phenoxy) is 2. The second-order valence-electron chi connectivity index (χ2n) is 30.1. The van der Waals surface area contributed by atoms with E-state index in [2.05, 4.69) is 53.2 Å². The first kappa shape index (κ1) is 99.8. The maximum atomic E-state index is 15.2. The van der Waals surface area contributed by atoms with Crippen LogP contribution >= 0.6 is 0 Å². The average Bonchev–Trinajstić information content (AvgIpc) is 1.36. The van der Waals surface area contributed by atoms with Crippen LogP contribution in [-0.4, -0.2) is 268 Å². The molecule has 0 aromatic carbocycles. The van der Waals surface area contributed by atoms with E-state index < -0.39 is 265 Å². The minimum absolute atomic E-state index is 0.00769. The van der Waals surface area contributed by atoms with Crippen molar-refractivity contribution in [3.63, 3.8) is 0 Å². The molecular formula is C71H125N17O23. The quantitative estimate of drug-likeness (QED) is 0.0257. The van der Waals surface area contributed by atoms with E-state index in [9.17, 15) is 92.3 Å². The van der Waals surface area contributed by atoms with E-state index in [0.717, 1.165) is 53.3 Å². The smallest absolute Gasteiger partial charge is 0.329 e. The Morgan fingerprint density at radius 1 is 0.595 bits per heavy atom. The van der Waals surface area contributed by atoms with Gasteiger partial charge in [-0.15, -0.1) is 0 Å². The summed E-state index contributed by atoms with van der Waals surface area (Å²) in [5.41, 5.74) is 28.4. The zero-order valence-electron chi connectivity index (χ0n) is 67.0. The third-order valence-corrected chi connectivity index (χ3v) is 19.6. The van der Waals surface area contributed by atoms with Crippen LogP contribution in [0.15, 0.2) is 0 Å². The number of esters is 1.